The second kappa shape index (κ2) is 15.0. The number of primary amides is 1. The Bertz CT molecular complexity index is 1710. The molecular weight excluding hydrogens is 619 g/mol. The van der Waals surface area contributed by atoms with Crippen LogP contribution in [-0.4, -0.2) is 66.8 Å². The minimum Gasteiger partial charge on any atom is -0.387 e. The third kappa shape index (κ3) is 8.59. The van der Waals surface area contributed by atoms with Gasteiger partial charge >= 0.3 is 7.82 Å². The van der Waals surface area contributed by atoms with E-state index in [1.54, 1.807) is 10.9 Å². The molecule has 16 heteroatoms. The summed E-state index contributed by atoms with van der Waals surface area (Å²) in [7, 11) is -4.60. The summed E-state index contributed by atoms with van der Waals surface area (Å²) in [4.78, 5) is 34.0. The second-order valence-corrected chi connectivity index (χ2v) is 12.3. The number of rotatable bonds is 15. The fraction of sp³-hybridized carbons (Fsp3) is 0.367. The average Bonchev–Trinajstić information content (AvgIpc) is 3.63. The number of nitrogens with one attached hydrogen (secondary N) is 1. The summed E-state index contributed by atoms with van der Waals surface area (Å²) < 4.78 is 31.0. The number of hydrogen-bond acceptors (Lipinski definition) is 10. The topological polar surface area (TPSA) is 212 Å². The fourth-order valence-corrected chi connectivity index (χ4v) is 5.77. The number of phosphoric ester groups is 1. The molecule has 5 atom stereocenters. The molecule has 1 aliphatic rings. The van der Waals surface area contributed by atoms with E-state index in [1.807, 2.05) is 42.5 Å². The molecule has 0 spiro atoms. The maximum absolute atomic E-state index is 12.5. The number of amides is 2. The highest BCUT2D eigenvalue weighted by atomic mass is 31.2. The van der Waals surface area contributed by atoms with Crippen molar-refractivity contribution in [1.82, 2.24) is 20.3 Å². The third-order valence-corrected chi connectivity index (χ3v) is 8.43. The van der Waals surface area contributed by atoms with E-state index in [2.05, 4.69) is 15.6 Å². The maximum Gasteiger partial charge on any atom is 0.472 e. The zero-order valence-corrected chi connectivity index (χ0v) is 25.7. The number of nitrogens with two attached hydrogens (primary N) is 1. The van der Waals surface area contributed by atoms with E-state index in [1.165, 1.54) is 29.1 Å². The Morgan fingerprint density at radius 1 is 1.07 bits per heavy atom. The number of aryl methyl sites for hydroxylation is 1. The van der Waals surface area contributed by atoms with Crippen molar-refractivity contribution in [2.24, 2.45) is 5.73 Å². The largest absolute Gasteiger partial charge is 0.472 e. The Balaban J connectivity index is 1.00. The van der Waals surface area contributed by atoms with Gasteiger partial charge in [-0.1, -0.05) is 47.7 Å². The molecule has 0 aliphatic carbocycles. The van der Waals surface area contributed by atoms with Crippen LogP contribution in [-0.2, 0) is 42.8 Å². The number of fused-ring (bicyclic) bond motifs is 1. The molecule has 15 nitrogen and oxygen atoms in total. The number of benzene rings is 2. The van der Waals surface area contributed by atoms with Gasteiger partial charge in [-0.3, -0.25) is 23.3 Å². The minimum atomic E-state index is -4.60. The molecular formula is C30H36N6O9P+. The van der Waals surface area contributed by atoms with Crippen LogP contribution in [0.3, 0.4) is 0 Å². The van der Waals surface area contributed by atoms with Crippen molar-refractivity contribution in [2.75, 3.05) is 6.61 Å². The molecule has 1 aliphatic heterocycles. The van der Waals surface area contributed by atoms with Gasteiger partial charge in [-0.15, -0.1) is 5.10 Å². The van der Waals surface area contributed by atoms with E-state index in [-0.39, 0.29) is 23.8 Å². The van der Waals surface area contributed by atoms with E-state index in [0.717, 1.165) is 16.3 Å². The number of hydrogen-bond donors (Lipinski definition) is 5. The maximum atomic E-state index is 12.5. The number of carbonyl (C=O) groups is 2. The molecule has 4 aromatic rings. The molecule has 5 rings (SSSR count). The van der Waals surface area contributed by atoms with Crippen molar-refractivity contribution in [3.05, 3.63) is 90.0 Å². The first-order chi connectivity index (χ1) is 22.1. The molecule has 2 aromatic carbocycles. The Labute approximate surface area is 264 Å². The lowest BCUT2D eigenvalue weighted by molar-refractivity contribution is -0.765. The van der Waals surface area contributed by atoms with Gasteiger partial charge < -0.3 is 30.9 Å². The second-order valence-electron chi connectivity index (χ2n) is 10.8. The molecule has 1 saturated heterocycles. The summed E-state index contributed by atoms with van der Waals surface area (Å²) in [5.41, 5.74) is 6.79. The van der Waals surface area contributed by atoms with Gasteiger partial charge in [-0.25, -0.2) is 4.57 Å². The number of aliphatic hydroxyl groups excluding tert-OH is 2. The van der Waals surface area contributed by atoms with Gasteiger partial charge in [-0.05, 0) is 35.2 Å². The quantitative estimate of drug-likeness (QED) is 0.0699. The molecule has 244 valence electrons. The summed E-state index contributed by atoms with van der Waals surface area (Å²) in [6.07, 6.45) is 0.931. The van der Waals surface area contributed by atoms with Crippen molar-refractivity contribution in [2.45, 2.75) is 63.5 Å². The van der Waals surface area contributed by atoms with Crippen molar-refractivity contribution >= 4 is 30.4 Å². The van der Waals surface area contributed by atoms with Crippen LogP contribution in [0.15, 0.2) is 73.2 Å². The van der Waals surface area contributed by atoms with Gasteiger partial charge in [0.1, 0.15) is 30.1 Å². The van der Waals surface area contributed by atoms with Crippen LogP contribution in [0, 0.1) is 0 Å². The minimum absolute atomic E-state index is 0.0455. The van der Waals surface area contributed by atoms with Gasteiger partial charge in [-0.2, -0.15) is 4.57 Å². The van der Waals surface area contributed by atoms with Crippen LogP contribution >= 0.6 is 7.82 Å². The van der Waals surface area contributed by atoms with Crippen molar-refractivity contribution in [3.63, 3.8) is 0 Å². The van der Waals surface area contributed by atoms with Gasteiger partial charge in [0.05, 0.1) is 12.8 Å². The normalized spacial score (nSPS) is 20.8. The van der Waals surface area contributed by atoms with Crippen LogP contribution in [0.2, 0.25) is 0 Å². The molecule has 3 heterocycles. The molecule has 6 N–H and O–H groups in total. The smallest absolute Gasteiger partial charge is 0.387 e. The Kier molecular flexibility index (Phi) is 10.9. The number of aliphatic hydroxyl groups is 2. The highest BCUT2D eigenvalue weighted by molar-refractivity contribution is 7.47. The number of ether oxygens (including phenoxy) is 1. The van der Waals surface area contributed by atoms with E-state index in [4.69, 9.17) is 19.5 Å². The standard InChI is InChI=1S/C30H35N6O9P/c31-29(40)22-10-6-13-35(16-22)30-28(39)27(38)25(45-30)19-44-46(41,42)43-18-23-17-36(34-33-23)14-4-3-12-26(37)32-15-21-9-5-8-20-7-1-2-11-24(20)21/h1-2,5-11,13,16-17,25,27-28,30,38-39H,3-4,12,14-15,18-19H2,(H3-,31,32,37,40,41,42)/p+1/t25-,27-,28-,30-/m1/s1. The monoisotopic (exact) mass is 655 g/mol. The number of phosphoric acid groups is 1. The zero-order valence-electron chi connectivity index (χ0n) is 24.8. The SMILES string of the molecule is NC(=O)c1ccc[n+]([C@@H]2O[C@H](COP(=O)(O)OCc3cn(CCCCC(=O)NCc4cccc5ccccc45)nn3)[C@@H](O)[C@H]2O)c1. The van der Waals surface area contributed by atoms with Crippen LogP contribution < -0.4 is 15.6 Å². The first-order valence-electron chi connectivity index (χ1n) is 14.7. The molecule has 2 amide bonds. The fourth-order valence-electron chi connectivity index (χ4n) is 5.06. The third-order valence-electron chi connectivity index (χ3n) is 7.50. The van der Waals surface area contributed by atoms with E-state index < -0.39 is 44.9 Å². The summed E-state index contributed by atoms with van der Waals surface area (Å²) in [5.74, 6) is -0.732. The van der Waals surface area contributed by atoms with E-state index >= 15 is 0 Å². The Hall–Kier alpha value is -4.08. The number of carbonyl (C=O) groups excluding carboxylic acids is 2. The molecule has 1 fully saturated rings. The van der Waals surface area contributed by atoms with E-state index in [0.29, 0.717) is 32.4 Å². The average molecular weight is 656 g/mol. The zero-order chi connectivity index (χ0) is 32.7. The van der Waals surface area contributed by atoms with Crippen LogP contribution in [0.5, 0.6) is 0 Å². The number of nitrogens with zero attached hydrogens (tertiary/aromatic N) is 4. The van der Waals surface area contributed by atoms with E-state index in [9.17, 15) is 29.3 Å². The molecule has 46 heavy (non-hydrogen) atoms. The summed E-state index contributed by atoms with van der Waals surface area (Å²) in [6, 6.07) is 17.0. The Morgan fingerprint density at radius 3 is 2.70 bits per heavy atom. The number of pyridine rings is 1. The Morgan fingerprint density at radius 2 is 1.87 bits per heavy atom. The molecule has 2 aromatic heterocycles. The van der Waals surface area contributed by atoms with Gasteiger partial charge in [0.15, 0.2) is 18.5 Å². The molecule has 0 bridgehead atoms. The predicted molar refractivity (Wildman–Crippen MR) is 161 cm³/mol. The molecule has 0 saturated carbocycles. The predicted octanol–water partition coefficient (Wildman–Crippen LogP) is 1.26. The van der Waals surface area contributed by atoms with Crippen molar-refractivity contribution in [3.8, 4) is 0 Å². The summed E-state index contributed by atoms with van der Waals surface area (Å²) >= 11 is 0. The first kappa shape index (κ1) is 33.3. The van der Waals surface area contributed by atoms with Crippen LogP contribution in [0.4, 0.5) is 0 Å². The number of aromatic nitrogens is 4. The number of unbranched alkanes of at least 4 members (excludes halogenated alkanes) is 1. The van der Waals surface area contributed by atoms with Gasteiger partial charge in [0.25, 0.3) is 12.1 Å². The lowest BCUT2D eigenvalue weighted by atomic mass is 10.0. The van der Waals surface area contributed by atoms with Gasteiger partial charge in [0.2, 0.25) is 5.91 Å². The summed E-state index contributed by atoms with van der Waals surface area (Å²) in [6.45, 7) is -0.00835. The first-order valence-corrected chi connectivity index (χ1v) is 16.2. The highest BCUT2D eigenvalue weighted by Crippen LogP contribution is 2.45. The lowest BCUT2D eigenvalue weighted by Gasteiger charge is -2.16. The molecule has 1 unspecified atom stereocenters. The molecule has 0 radical (unpaired) electrons. The van der Waals surface area contributed by atoms with Crippen LogP contribution in [0.25, 0.3) is 10.8 Å². The van der Waals surface area contributed by atoms with Crippen LogP contribution in [0.1, 0.15) is 47.1 Å². The van der Waals surface area contributed by atoms with Crippen molar-refractivity contribution < 1.29 is 47.6 Å². The van der Waals surface area contributed by atoms with Crippen molar-refractivity contribution in [1.29, 1.82) is 0 Å². The lowest BCUT2D eigenvalue weighted by Crippen LogP contribution is -2.46. The van der Waals surface area contributed by atoms with Gasteiger partial charge in [0, 0.05) is 25.6 Å². The highest BCUT2D eigenvalue weighted by Gasteiger charge is 2.49. The summed E-state index contributed by atoms with van der Waals surface area (Å²) in [5, 5.41) is 33.9.